The van der Waals surface area contributed by atoms with Gasteiger partial charge in [-0.25, -0.2) is 4.98 Å². The van der Waals surface area contributed by atoms with Crippen molar-refractivity contribution in [2.75, 3.05) is 27.3 Å². The summed E-state index contributed by atoms with van der Waals surface area (Å²) in [6.45, 7) is 2.74. The first kappa shape index (κ1) is 20.1. The van der Waals surface area contributed by atoms with Crippen LogP contribution in [0.5, 0.6) is 11.5 Å². The minimum absolute atomic E-state index is 0.119. The summed E-state index contributed by atoms with van der Waals surface area (Å²) in [7, 11) is 3.30. The van der Waals surface area contributed by atoms with Gasteiger partial charge < -0.3 is 14.5 Å². The highest BCUT2D eigenvalue weighted by molar-refractivity contribution is 5.56. The van der Waals surface area contributed by atoms with E-state index in [-0.39, 0.29) is 11.5 Å². The van der Waals surface area contributed by atoms with Crippen molar-refractivity contribution in [2.45, 2.75) is 25.3 Å². The summed E-state index contributed by atoms with van der Waals surface area (Å²) >= 11 is 0. The van der Waals surface area contributed by atoms with Gasteiger partial charge in [-0.05, 0) is 55.8 Å². The Morgan fingerprint density at radius 3 is 2.60 bits per heavy atom. The molecule has 0 aliphatic carbocycles. The third kappa shape index (κ3) is 4.52. The number of benzene rings is 1. The third-order valence-electron chi connectivity index (χ3n) is 5.55. The molecule has 0 bridgehead atoms. The van der Waals surface area contributed by atoms with Gasteiger partial charge in [0, 0.05) is 36.5 Å². The maximum Gasteiger partial charge on any atom is 0.251 e. The van der Waals surface area contributed by atoms with Crippen LogP contribution >= 0.6 is 0 Å². The summed E-state index contributed by atoms with van der Waals surface area (Å²) in [6.07, 6.45) is 5.35. The maximum atomic E-state index is 12.2. The second-order valence-corrected chi connectivity index (χ2v) is 7.50. The Morgan fingerprint density at radius 2 is 1.90 bits per heavy atom. The van der Waals surface area contributed by atoms with Gasteiger partial charge in [-0.3, -0.25) is 14.7 Å². The number of ether oxygens (including phenoxy) is 2. The van der Waals surface area contributed by atoms with E-state index in [0.717, 1.165) is 55.4 Å². The topological polar surface area (TPSA) is 80.3 Å². The average Bonchev–Trinajstić information content (AvgIpc) is 2.79. The highest BCUT2D eigenvalue weighted by atomic mass is 16.5. The first-order valence-electron chi connectivity index (χ1n) is 10.1. The molecule has 0 atom stereocenters. The van der Waals surface area contributed by atoms with E-state index in [1.165, 1.54) is 11.6 Å². The van der Waals surface area contributed by atoms with Crippen LogP contribution in [0.2, 0.25) is 0 Å². The number of H-pyrrole nitrogens is 1. The van der Waals surface area contributed by atoms with Crippen LogP contribution < -0.4 is 15.0 Å². The number of likely N-dealkylation sites (tertiary alicyclic amines) is 1. The highest BCUT2D eigenvalue weighted by Crippen LogP contribution is 2.30. The minimum atomic E-state index is -0.119. The van der Waals surface area contributed by atoms with E-state index in [9.17, 15) is 4.79 Å². The van der Waals surface area contributed by atoms with Gasteiger partial charge >= 0.3 is 0 Å². The fraction of sp³-hybridized carbons (Fsp3) is 0.348. The number of hydrogen-bond donors (Lipinski definition) is 1. The zero-order valence-electron chi connectivity index (χ0n) is 17.3. The number of nitrogens with zero attached hydrogens (tertiary/aromatic N) is 3. The SMILES string of the molecule is COc1ccc(CN2CCC(c3nc(-c4cccnc4)cc(=O)[nH]3)CC2)cc1OC. The molecule has 1 fully saturated rings. The molecule has 1 aliphatic heterocycles. The fourth-order valence-corrected chi connectivity index (χ4v) is 3.93. The summed E-state index contributed by atoms with van der Waals surface area (Å²) in [4.78, 5) is 26.4. The molecule has 1 N–H and O–H groups in total. The van der Waals surface area contributed by atoms with Gasteiger partial charge in [-0.15, -0.1) is 0 Å². The molecule has 30 heavy (non-hydrogen) atoms. The van der Waals surface area contributed by atoms with Crippen molar-refractivity contribution in [3.8, 4) is 22.8 Å². The van der Waals surface area contributed by atoms with Crippen molar-refractivity contribution in [1.82, 2.24) is 19.9 Å². The van der Waals surface area contributed by atoms with Crippen molar-refractivity contribution < 1.29 is 9.47 Å². The zero-order chi connectivity index (χ0) is 20.9. The van der Waals surface area contributed by atoms with E-state index >= 15 is 0 Å². The lowest BCUT2D eigenvalue weighted by Gasteiger charge is -2.31. The molecule has 0 saturated carbocycles. The van der Waals surface area contributed by atoms with Crippen LogP contribution in [0, 0.1) is 0 Å². The zero-order valence-corrected chi connectivity index (χ0v) is 17.3. The fourth-order valence-electron chi connectivity index (χ4n) is 3.93. The van der Waals surface area contributed by atoms with Gasteiger partial charge in [0.2, 0.25) is 0 Å². The second kappa shape index (κ2) is 9.09. The second-order valence-electron chi connectivity index (χ2n) is 7.50. The molecule has 7 nitrogen and oxygen atoms in total. The molecule has 0 unspecified atom stereocenters. The molecule has 0 spiro atoms. The van der Waals surface area contributed by atoms with Crippen molar-refractivity contribution >= 4 is 0 Å². The number of piperidine rings is 1. The van der Waals surface area contributed by atoms with E-state index in [2.05, 4.69) is 20.9 Å². The summed E-state index contributed by atoms with van der Waals surface area (Å²) in [5, 5.41) is 0. The predicted octanol–water partition coefficient (Wildman–Crippen LogP) is 3.23. The summed E-state index contributed by atoms with van der Waals surface area (Å²) in [5.74, 6) is 2.51. The first-order chi connectivity index (χ1) is 14.7. The van der Waals surface area contributed by atoms with Crippen molar-refractivity contribution in [3.63, 3.8) is 0 Å². The van der Waals surface area contributed by atoms with Gasteiger partial charge in [-0.2, -0.15) is 0 Å². The summed E-state index contributed by atoms with van der Waals surface area (Å²) in [5.41, 5.74) is 2.60. The monoisotopic (exact) mass is 406 g/mol. The van der Waals surface area contributed by atoms with Crippen LogP contribution in [0.4, 0.5) is 0 Å². The average molecular weight is 406 g/mol. The molecule has 156 valence electrons. The Hall–Kier alpha value is -3.19. The van der Waals surface area contributed by atoms with Crippen LogP contribution in [0.25, 0.3) is 11.3 Å². The van der Waals surface area contributed by atoms with Gasteiger partial charge in [0.1, 0.15) is 5.82 Å². The lowest BCUT2D eigenvalue weighted by Crippen LogP contribution is -2.33. The van der Waals surface area contributed by atoms with Crippen LogP contribution in [-0.4, -0.2) is 47.2 Å². The lowest BCUT2D eigenvalue weighted by atomic mass is 9.95. The Bertz CT molecular complexity index is 1040. The van der Waals surface area contributed by atoms with Crippen LogP contribution in [0.15, 0.2) is 53.6 Å². The number of nitrogens with one attached hydrogen (secondary N) is 1. The molecule has 3 heterocycles. The van der Waals surface area contributed by atoms with Crippen LogP contribution in [0.3, 0.4) is 0 Å². The quantitative estimate of drug-likeness (QED) is 0.677. The Balaban J connectivity index is 1.43. The largest absolute Gasteiger partial charge is 0.493 e. The normalized spacial score (nSPS) is 15.1. The molecule has 4 rings (SSSR count). The maximum absolute atomic E-state index is 12.2. The molecular formula is C23H26N4O3. The van der Waals surface area contributed by atoms with Crippen LogP contribution in [0.1, 0.15) is 30.1 Å². The van der Waals surface area contributed by atoms with Crippen LogP contribution in [-0.2, 0) is 6.54 Å². The number of aromatic amines is 1. The number of aromatic nitrogens is 3. The van der Waals surface area contributed by atoms with Crippen molar-refractivity contribution in [2.24, 2.45) is 0 Å². The Morgan fingerprint density at radius 1 is 1.10 bits per heavy atom. The number of rotatable bonds is 6. The summed E-state index contributed by atoms with van der Waals surface area (Å²) in [6, 6.07) is 11.4. The molecule has 7 heteroatoms. The van der Waals surface area contributed by atoms with Gasteiger partial charge in [0.05, 0.1) is 19.9 Å². The van der Waals surface area contributed by atoms with Crippen molar-refractivity contribution in [3.05, 3.63) is 70.5 Å². The predicted molar refractivity (Wildman–Crippen MR) is 115 cm³/mol. The smallest absolute Gasteiger partial charge is 0.251 e. The lowest BCUT2D eigenvalue weighted by molar-refractivity contribution is 0.201. The first-order valence-corrected chi connectivity index (χ1v) is 10.1. The Kier molecular flexibility index (Phi) is 6.09. The number of methoxy groups -OCH3 is 2. The minimum Gasteiger partial charge on any atom is -0.493 e. The van der Waals surface area contributed by atoms with Gasteiger partial charge in [0.25, 0.3) is 5.56 Å². The van der Waals surface area contributed by atoms with E-state index in [4.69, 9.17) is 14.5 Å². The van der Waals surface area contributed by atoms with E-state index in [1.54, 1.807) is 26.6 Å². The van der Waals surface area contributed by atoms with Crippen molar-refractivity contribution in [1.29, 1.82) is 0 Å². The molecule has 3 aromatic rings. The van der Waals surface area contributed by atoms with E-state index < -0.39 is 0 Å². The molecule has 2 aromatic heterocycles. The number of pyridine rings is 1. The van der Waals surface area contributed by atoms with E-state index in [1.807, 2.05) is 24.3 Å². The molecule has 1 aromatic carbocycles. The molecule has 1 aliphatic rings. The third-order valence-corrected chi connectivity index (χ3v) is 5.55. The molecule has 0 amide bonds. The van der Waals surface area contributed by atoms with Gasteiger partial charge in [0.15, 0.2) is 11.5 Å². The van der Waals surface area contributed by atoms with E-state index in [0.29, 0.717) is 5.69 Å². The molecule has 1 saturated heterocycles. The molecule has 0 radical (unpaired) electrons. The summed E-state index contributed by atoms with van der Waals surface area (Å²) < 4.78 is 10.7. The Labute approximate surface area is 175 Å². The highest BCUT2D eigenvalue weighted by Gasteiger charge is 2.23. The molecular weight excluding hydrogens is 380 g/mol. The number of hydrogen-bond acceptors (Lipinski definition) is 6. The van der Waals surface area contributed by atoms with Gasteiger partial charge in [-0.1, -0.05) is 6.07 Å². The standard InChI is InChI=1S/C23H26N4O3/c1-29-20-6-5-16(12-21(20)30-2)15-27-10-7-17(8-11-27)23-25-19(13-22(28)26-23)18-4-3-9-24-14-18/h3-6,9,12-14,17H,7-8,10-11,15H2,1-2H3,(H,25,26,28).